The lowest BCUT2D eigenvalue weighted by molar-refractivity contribution is -0.150. The number of carboxylic acid groups (broad SMARTS) is 2. The van der Waals surface area contributed by atoms with Gasteiger partial charge in [-0.1, -0.05) is 16.9 Å². The first kappa shape index (κ1) is 28.5. The minimum absolute atomic E-state index is 0.0392. The van der Waals surface area contributed by atoms with E-state index in [2.05, 4.69) is 25.4 Å². The van der Waals surface area contributed by atoms with Gasteiger partial charge in [-0.15, -0.1) is 23.1 Å². The molecule has 4 heterocycles. The molecule has 1 unspecified atom stereocenters. The highest BCUT2D eigenvalue weighted by Crippen LogP contribution is 2.45. The van der Waals surface area contributed by atoms with E-state index in [4.69, 9.17) is 16.3 Å². The van der Waals surface area contributed by atoms with Crippen LogP contribution in [0.25, 0.3) is 0 Å². The van der Waals surface area contributed by atoms with Crippen LogP contribution in [0.2, 0.25) is 0 Å². The Hall–Kier alpha value is -3.48. The zero-order valence-electron chi connectivity index (χ0n) is 20.3. The van der Waals surface area contributed by atoms with Crippen molar-refractivity contribution in [1.82, 2.24) is 15.2 Å². The van der Waals surface area contributed by atoms with E-state index in [-0.39, 0.29) is 47.4 Å². The van der Waals surface area contributed by atoms with Crippen LogP contribution in [0.4, 0.5) is 5.13 Å². The van der Waals surface area contributed by atoms with Crippen LogP contribution in [0.3, 0.4) is 0 Å². The summed E-state index contributed by atoms with van der Waals surface area (Å²) in [6.07, 6.45) is 2.57. The molecule has 0 aliphatic carbocycles. The molecule has 2 amide bonds. The van der Waals surface area contributed by atoms with Gasteiger partial charge in [0.15, 0.2) is 10.8 Å². The third-order valence-electron chi connectivity index (χ3n) is 5.66. The fourth-order valence-corrected chi connectivity index (χ4v) is 7.28. The number of nitrogens with two attached hydrogens (primary N) is 2. The topological polar surface area (TPSA) is 235 Å². The van der Waals surface area contributed by atoms with E-state index in [9.17, 15) is 29.4 Å². The highest BCUT2D eigenvalue weighted by atomic mass is 32.2. The first-order valence-corrected chi connectivity index (χ1v) is 14.3. The summed E-state index contributed by atoms with van der Waals surface area (Å²) in [6, 6.07) is -1.05. The molecule has 1 saturated heterocycles. The van der Waals surface area contributed by atoms with Gasteiger partial charge in [0.1, 0.15) is 29.4 Å². The van der Waals surface area contributed by atoms with Gasteiger partial charge in [-0.25, -0.2) is 19.8 Å². The third kappa shape index (κ3) is 6.07. The summed E-state index contributed by atoms with van der Waals surface area (Å²) >= 11 is 3.34. The monoisotopic (exact) mass is 596 g/mol. The van der Waals surface area contributed by atoms with Crippen molar-refractivity contribution < 1.29 is 34.2 Å². The maximum atomic E-state index is 13.2. The van der Waals surface area contributed by atoms with Gasteiger partial charge < -0.3 is 26.1 Å². The van der Waals surface area contributed by atoms with Gasteiger partial charge in [-0.3, -0.25) is 25.0 Å². The predicted octanol–water partition coefficient (Wildman–Crippen LogP) is -0.104. The largest absolute Gasteiger partial charge is 0.481 e. The molecule has 18 heteroatoms. The highest BCUT2D eigenvalue weighted by Gasteiger charge is 2.55. The number of carbonyl (C=O) groups is 4. The van der Waals surface area contributed by atoms with E-state index in [1.807, 2.05) is 0 Å². The van der Waals surface area contributed by atoms with E-state index in [1.165, 1.54) is 29.6 Å². The number of anilines is 1. The van der Waals surface area contributed by atoms with Gasteiger partial charge >= 0.3 is 11.9 Å². The van der Waals surface area contributed by atoms with Crippen molar-refractivity contribution in [3.05, 3.63) is 22.3 Å². The smallest absolute Gasteiger partial charge is 0.352 e. The predicted molar refractivity (Wildman–Crippen MR) is 147 cm³/mol. The van der Waals surface area contributed by atoms with Crippen molar-refractivity contribution >= 4 is 81.9 Å². The second kappa shape index (κ2) is 11.7. The summed E-state index contributed by atoms with van der Waals surface area (Å²) in [5, 5.41) is 24.6. The summed E-state index contributed by atoms with van der Waals surface area (Å²) in [5.41, 5.74) is 11.9. The number of nitrogens with zero attached hydrogens (tertiary/aromatic N) is 5. The molecule has 1 aromatic heterocycles. The molecule has 1 aromatic rings. The Labute approximate surface area is 233 Å². The van der Waals surface area contributed by atoms with Gasteiger partial charge in [0.2, 0.25) is 0 Å². The number of hydrogen-bond acceptors (Lipinski definition) is 14. The highest BCUT2D eigenvalue weighted by molar-refractivity contribution is 8.02. The molecular weight excluding hydrogens is 572 g/mol. The summed E-state index contributed by atoms with van der Waals surface area (Å²) in [5.74, 6) is -3.68. The molecular formula is C21H24N8O7S3. The number of oxime groups is 1. The first-order chi connectivity index (χ1) is 18.5. The van der Waals surface area contributed by atoms with Crippen LogP contribution in [0.5, 0.6) is 0 Å². The van der Waals surface area contributed by atoms with E-state index in [0.29, 0.717) is 5.57 Å². The minimum atomic E-state index is -1.44. The lowest BCUT2D eigenvalue weighted by Crippen LogP contribution is -2.71. The van der Waals surface area contributed by atoms with Crippen LogP contribution in [0.15, 0.2) is 31.8 Å². The standard InChI is InChI=1S/C21H24N8O7S3/c1-2-36-28-13(10-8-38-20(22)26-10)16(32)27-14-17(33)29-15(19(34)35)9(7-37-18(14)29)11(3-4-12(30)31)39-21(23)24-5-6-25-21/h5-6,8,11,14,18H,2-4,7,23H2,1H3,(H2,22,26)(H,27,32)(H,30,31)(H,34,35)/t11?,14-,18+/m1/s1. The van der Waals surface area contributed by atoms with Crippen molar-refractivity contribution in [2.45, 2.75) is 41.5 Å². The number of thiazole rings is 1. The average Bonchev–Trinajstić information content (AvgIpc) is 3.52. The molecule has 3 aliphatic rings. The SMILES string of the molecule is CCON=C(C(=O)N[C@@H]1C(=O)N2C(C(=O)O)=C(C(CCC(=O)O)SC3(N)N=CC=N3)CS[C@@H]12)c1csc(N)n1. The third-order valence-corrected chi connectivity index (χ3v) is 9.00. The van der Waals surface area contributed by atoms with Gasteiger partial charge in [0, 0.05) is 35.2 Å². The van der Waals surface area contributed by atoms with Crippen LogP contribution in [0.1, 0.15) is 25.5 Å². The van der Waals surface area contributed by atoms with Crippen LogP contribution >= 0.6 is 34.9 Å². The fourth-order valence-electron chi connectivity index (χ4n) is 3.97. The van der Waals surface area contributed by atoms with Gasteiger partial charge in [0.25, 0.3) is 16.9 Å². The summed E-state index contributed by atoms with van der Waals surface area (Å²) in [7, 11) is 0. The van der Waals surface area contributed by atoms with Crippen molar-refractivity contribution in [2.75, 3.05) is 18.1 Å². The van der Waals surface area contributed by atoms with E-state index in [1.54, 1.807) is 6.92 Å². The van der Waals surface area contributed by atoms with Crippen LogP contribution in [-0.4, -0.2) is 96.1 Å². The van der Waals surface area contributed by atoms with E-state index >= 15 is 0 Å². The van der Waals surface area contributed by atoms with Gasteiger partial charge in [-0.2, -0.15) is 0 Å². The molecule has 7 N–H and O–H groups in total. The summed E-state index contributed by atoms with van der Waals surface area (Å²) in [6.45, 7) is 1.86. The van der Waals surface area contributed by atoms with E-state index in [0.717, 1.165) is 28.0 Å². The van der Waals surface area contributed by atoms with Gasteiger partial charge in [-0.05, 0) is 18.9 Å². The number of carboxylic acids is 2. The number of thioether (sulfide) groups is 2. The van der Waals surface area contributed by atoms with Crippen molar-refractivity contribution in [3.8, 4) is 0 Å². The zero-order chi connectivity index (χ0) is 28.3. The van der Waals surface area contributed by atoms with Crippen LogP contribution in [0, 0.1) is 0 Å². The number of β-lactam (4-membered cyclic amide) rings is 1. The Bertz CT molecular complexity index is 1300. The zero-order valence-corrected chi connectivity index (χ0v) is 22.8. The number of aromatic nitrogens is 1. The molecule has 208 valence electrons. The van der Waals surface area contributed by atoms with E-state index < -0.39 is 45.5 Å². The molecule has 0 saturated carbocycles. The number of fused-ring (bicyclic) bond motifs is 1. The molecule has 3 atom stereocenters. The molecule has 0 spiro atoms. The molecule has 39 heavy (non-hydrogen) atoms. The number of hydrogen-bond donors (Lipinski definition) is 5. The number of amides is 2. The normalized spacial score (nSPS) is 22.4. The molecule has 3 aliphatic heterocycles. The second-order valence-electron chi connectivity index (χ2n) is 8.22. The molecule has 0 bridgehead atoms. The van der Waals surface area contributed by atoms with Crippen molar-refractivity contribution in [1.29, 1.82) is 0 Å². The second-order valence-corrected chi connectivity index (χ2v) is 11.6. The molecule has 0 aromatic carbocycles. The van der Waals surface area contributed by atoms with Crippen LogP contribution in [-0.2, 0) is 24.0 Å². The molecule has 1 fully saturated rings. The Morgan fingerprint density at radius 3 is 2.67 bits per heavy atom. The quantitative estimate of drug-likeness (QED) is 0.0920. The molecule has 4 rings (SSSR count). The summed E-state index contributed by atoms with van der Waals surface area (Å²) in [4.78, 5) is 68.2. The number of nitrogens with one attached hydrogen (secondary N) is 1. The number of carbonyl (C=O) groups excluding carboxylic acids is 2. The lowest BCUT2D eigenvalue weighted by atomic mass is 9.99. The van der Waals surface area contributed by atoms with Crippen molar-refractivity contribution in [3.63, 3.8) is 0 Å². The number of rotatable bonds is 12. The maximum Gasteiger partial charge on any atom is 0.352 e. The summed E-state index contributed by atoms with van der Waals surface area (Å²) < 4.78 is 0. The van der Waals surface area contributed by atoms with Gasteiger partial charge in [0.05, 0.1) is 0 Å². The average molecular weight is 597 g/mol. The molecule has 15 nitrogen and oxygen atoms in total. The molecule has 0 radical (unpaired) electrons. The Kier molecular flexibility index (Phi) is 8.57. The fraction of sp³-hybridized carbons (Fsp3) is 0.429. The Morgan fingerprint density at radius 2 is 2.08 bits per heavy atom. The minimum Gasteiger partial charge on any atom is -0.481 e. The van der Waals surface area contributed by atoms with Crippen LogP contribution < -0.4 is 16.8 Å². The number of aliphatic carboxylic acids is 2. The maximum absolute atomic E-state index is 13.2. The lowest BCUT2D eigenvalue weighted by Gasteiger charge is -2.50. The van der Waals surface area contributed by atoms with Crippen molar-refractivity contribution in [2.24, 2.45) is 20.9 Å². The number of nitrogen functional groups attached to an aromatic ring is 1. The Balaban J connectivity index is 1.58. The Morgan fingerprint density at radius 1 is 1.36 bits per heavy atom. The number of aliphatic imine (C=N–C) groups is 2. The first-order valence-electron chi connectivity index (χ1n) is 11.5.